The van der Waals surface area contributed by atoms with Crippen molar-refractivity contribution in [2.75, 3.05) is 41.3 Å². The number of hydrogen-bond acceptors (Lipinski definition) is 4. The molecule has 0 spiro atoms. The Morgan fingerprint density at radius 1 is 0.862 bits per heavy atom. The molecule has 7 nitrogen and oxygen atoms in total. The fraction of sp³-hybridized carbons (Fsp3) is 0.318. The van der Waals surface area contributed by atoms with Gasteiger partial charge in [0, 0.05) is 30.2 Å². The van der Waals surface area contributed by atoms with E-state index in [1.807, 2.05) is 30.3 Å². The van der Waals surface area contributed by atoms with Gasteiger partial charge < -0.3 is 10.2 Å². The molecule has 2 aliphatic heterocycles. The second-order valence-corrected chi connectivity index (χ2v) is 7.33. The summed E-state index contributed by atoms with van der Waals surface area (Å²) in [5, 5.41) is 2.77. The molecule has 150 valence electrons. The number of anilines is 3. The third kappa shape index (κ3) is 4.23. The lowest BCUT2D eigenvalue weighted by atomic mass is 10.1. The number of benzene rings is 2. The molecule has 2 aromatic carbocycles. The number of hydrogen-bond donors (Lipinski definition) is 1. The molecule has 2 saturated heterocycles. The van der Waals surface area contributed by atoms with Crippen molar-refractivity contribution in [2.45, 2.75) is 19.3 Å². The van der Waals surface area contributed by atoms with Gasteiger partial charge in [0.05, 0.1) is 0 Å². The predicted molar refractivity (Wildman–Crippen MR) is 112 cm³/mol. The van der Waals surface area contributed by atoms with Crippen LogP contribution in [0.3, 0.4) is 0 Å². The third-order valence-electron chi connectivity index (χ3n) is 5.30. The van der Waals surface area contributed by atoms with E-state index in [0.29, 0.717) is 11.4 Å². The number of nitrogens with zero attached hydrogens (tertiary/aromatic N) is 3. The van der Waals surface area contributed by atoms with E-state index >= 15 is 0 Å². The molecular formula is C22H24N4O3. The molecule has 4 amide bonds. The Morgan fingerprint density at radius 3 is 2.24 bits per heavy atom. The Balaban J connectivity index is 1.35. The van der Waals surface area contributed by atoms with E-state index in [1.54, 1.807) is 24.3 Å². The number of imide groups is 1. The summed E-state index contributed by atoms with van der Waals surface area (Å²) in [6, 6.07) is 16.2. The van der Waals surface area contributed by atoms with Crippen molar-refractivity contribution in [3.05, 3.63) is 54.6 Å². The minimum Gasteiger partial charge on any atom is -0.372 e. The Bertz CT molecular complexity index is 892. The molecule has 4 rings (SSSR count). The lowest BCUT2D eigenvalue weighted by molar-refractivity contribution is -0.128. The molecule has 0 saturated carbocycles. The van der Waals surface area contributed by atoms with Crippen LogP contribution in [0.4, 0.5) is 21.9 Å². The van der Waals surface area contributed by atoms with Crippen molar-refractivity contribution in [1.29, 1.82) is 0 Å². The van der Waals surface area contributed by atoms with Crippen molar-refractivity contribution in [3.8, 4) is 0 Å². The molecule has 2 fully saturated rings. The fourth-order valence-corrected chi connectivity index (χ4v) is 3.76. The molecule has 29 heavy (non-hydrogen) atoms. The zero-order valence-corrected chi connectivity index (χ0v) is 16.2. The highest BCUT2D eigenvalue weighted by atomic mass is 16.2. The van der Waals surface area contributed by atoms with Gasteiger partial charge in [0.15, 0.2) is 0 Å². The topological polar surface area (TPSA) is 73.0 Å². The number of carbonyl (C=O) groups is 3. The van der Waals surface area contributed by atoms with E-state index in [0.717, 1.165) is 23.7 Å². The summed E-state index contributed by atoms with van der Waals surface area (Å²) in [4.78, 5) is 41.9. The van der Waals surface area contributed by atoms with Gasteiger partial charge in [0.25, 0.3) is 5.91 Å². The molecular weight excluding hydrogens is 368 g/mol. The van der Waals surface area contributed by atoms with Crippen molar-refractivity contribution in [3.63, 3.8) is 0 Å². The molecule has 0 bridgehead atoms. The van der Waals surface area contributed by atoms with E-state index in [9.17, 15) is 14.4 Å². The van der Waals surface area contributed by atoms with Gasteiger partial charge in [-0.05, 0) is 55.7 Å². The number of piperidine rings is 1. The number of urea groups is 1. The van der Waals surface area contributed by atoms with Crippen LogP contribution in [0.1, 0.15) is 19.3 Å². The first kappa shape index (κ1) is 19.0. The van der Waals surface area contributed by atoms with Gasteiger partial charge in [-0.3, -0.25) is 19.4 Å². The van der Waals surface area contributed by atoms with E-state index < -0.39 is 11.9 Å². The van der Waals surface area contributed by atoms with Gasteiger partial charge in [0.2, 0.25) is 5.91 Å². The zero-order chi connectivity index (χ0) is 20.2. The van der Waals surface area contributed by atoms with Crippen molar-refractivity contribution >= 4 is 34.9 Å². The normalized spacial score (nSPS) is 17.0. The van der Waals surface area contributed by atoms with Crippen LogP contribution in [0.25, 0.3) is 0 Å². The average molecular weight is 392 g/mol. The highest BCUT2D eigenvalue weighted by Crippen LogP contribution is 2.23. The summed E-state index contributed by atoms with van der Waals surface area (Å²) in [5.41, 5.74) is 2.43. The smallest absolute Gasteiger partial charge is 0.332 e. The summed E-state index contributed by atoms with van der Waals surface area (Å²) in [6.45, 7) is 1.77. The number of rotatable bonds is 5. The van der Waals surface area contributed by atoms with Crippen molar-refractivity contribution in [2.24, 2.45) is 0 Å². The maximum atomic E-state index is 12.6. The van der Waals surface area contributed by atoms with Gasteiger partial charge in [-0.15, -0.1) is 0 Å². The largest absolute Gasteiger partial charge is 0.372 e. The minimum absolute atomic E-state index is 0.0549. The van der Waals surface area contributed by atoms with E-state index in [-0.39, 0.29) is 19.0 Å². The summed E-state index contributed by atoms with van der Waals surface area (Å²) < 4.78 is 0. The Labute approximate surface area is 169 Å². The molecule has 0 aliphatic carbocycles. The molecule has 0 atom stereocenters. The Morgan fingerprint density at radius 2 is 1.55 bits per heavy atom. The predicted octanol–water partition coefficient (Wildman–Crippen LogP) is 3.08. The van der Waals surface area contributed by atoms with Crippen molar-refractivity contribution in [1.82, 2.24) is 4.90 Å². The number of amides is 4. The first-order valence-electron chi connectivity index (χ1n) is 9.93. The second-order valence-electron chi connectivity index (χ2n) is 7.33. The minimum atomic E-state index is -0.475. The van der Waals surface area contributed by atoms with Gasteiger partial charge >= 0.3 is 6.03 Å². The van der Waals surface area contributed by atoms with Crippen LogP contribution in [0.5, 0.6) is 0 Å². The molecule has 2 aromatic rings. The molecule has 7 heteroatoms. The SMILES string of the molecule is O=C(CN1C(=O)CN(c2ccccc2)C1=O)Nc1ccc(N2CCCCC2)cc1. The standard InChI is InChI=1S/C22H24N4O3/c27-20(23-17-9-11-18(12-10-17)24-13-5-2-6-14-24)15-26-21(28)16-25(22(26)29)19-7-3-1-4-8-19/h1,3-4,7-12H,2,5-6,13-16H2,(H,23,27). The molecule has 0 radical (unpaired) electrons. The molecule has 2 aliphatic rings. The lowest BCUT2D eigenvalue weighted by Crippen LogP contribution is -2.39. The summed E-state index contributed by atoms with van der Waals surface area (Å²) >= 11 is 0. The summed E-state index contributed by atoms with van der Waals surface area (Å²) in [6.07, 6.45) is 3.69. The second kappa shape index (κ2) is 8.34. The van der Waals surface area contributed by atoms with Crippen LogP contribution in [-0.4, -0.2) is 48.9 Å². The van der Waals surface area contributed by atoms with E-state index in [1.165, 1.54) is 24.2 Å². The number of para-hydroxylation sites is 1. The maximum absolute atomic E-state index is 12.6. The van der Waals surface area contributed by atoms with Crippen molar-refractivity contribution < 1.29 is 14.4 Å². The molecule has 0 unspecified atom stereocenters. The van der Waals surface area contributed by atoms with Gasteiger partial charge in [-0.1, -0.05) is 18.2 Å². The molecule has 0 aromatic heterocycles. The monoisotopic (exact) mass is 392 g/mol. The van der Waals surface area contributed by atoms with Gasteiger partial charge in [-0.2, -0.15) is 0 Å². The van der Waals surface area contributed by atoms with E-state index in [4.69, 9.17) is 0 Å². The average Bonchev–Trinajstić information content (AvgIpc) is 3.04. The van der Waals surface area contributed by atoms with Crippen LogP contribution in [0.2, 0.25) is 0 Å². The fourth-order valence-electron chi connectivity index (χ4n) is 3.76. The first-order valence-corrected chi connectivity index (χ1v) is 9.93. The Hall–Kier alpha value is -3.35. The quantitative estimate of drug-likeness (QED) is 0.794. The Kier molecular flexibility index (Phi) is 5.46. The third-order valence-corrected chi connectivity index (χ3v) is 5.30. The maximum Gasteiger partial charge on any atom is 0.332 e. The molecule has 1 N–H and O–H groups in total. The lowest BCUT2D eigenvalue weighted by Gasteiger charge is -2.28. The molecule has 2 heterocycles. The van der Waals surface area contributed by atoms with E-state index in [2.05, 4.69) is 10.2 Å². The van der Waals surface area contributed by atoms with Gasteiger partial charge in [-0.25, -0.2) is 4.79 Å². The summed E-state index contributed by atoms with van der Waals surface area (Å²) in [5.74, 6) is -0.776. The van der Waals surface area contributed by atoms with Crippen LogP contribution in [-0.2, 0) is 9.59 Å². The summed E-state index contributed by atoms with van der Waals surface area (Å²) in [7, 11) is 0. The van der Waals surface area contributed by atoms with Crippen LogP contribution in [0.15, 0.2) is 54.6 Å². The number of carbonyl (C=O) groups excluding carboxylic acids is 3. The first-order chi connectivity index (χ1) is 14.1. The number of nitrogens with one attached hydrogen (secondary N) is 1. The van der Waals surface area contributed by atoms with Crippen LogP contribution >= 0.6 is 0 Å². The highest BCUT2D eigenvalue weighted by molar-refractivity contribution is 6.14. The van der Waals surface area contributed by atoms with Gasteiger partial charge in [0.1, 0.15) is 13.1 Å². The van der Waals surface area contributed by atoms with Crippen LogP contribution < -0.4 is 15.1 Å². The zero-order valence-electron chi connectivity index (χ0n) is 16.2. The van der Waals surface area contributed by atoms with Crippen LogP contribution in [0, 0.1) is 0 Å². The highest BCUT2D eigenvalue weighted by Gasteiger charge is 2.37.